The van der Waals surface area contributed by atoms with Gasteiger partial charge in [-0.3, -0.25) is 19.8 Å². The number of aliphatic hydroxyl groups is 1. The van der Waals surface area contributed by atoms with Crippen LogP contribution in [0.15, 0.2) is 36.7 Å². The number of aromatic nitrogens is 2. The summed E-state index contributed by atoms with van der Waals surface area (Å²) in [6.07, 6.45) is 2.43. The van der Waals surface area contributed by atoms with Crippen LogP contribution in [0.2, 0.25) is 0 Å². The fraction of sp³-hybridized carbons (Fsp3) is 0.412. The molecule has 0 bridgehead atoms. The molecule has 0 amide bonds. The van der Waals surface area contributed by atoms with Crippen molar-refractivity contribution in [1.82, 2.24) is 19.8 Å². The number of pyridine rings is 2. The highest BCUT2D eigenvalue weighted by molar-refractivity contribution is 5.07. The van der Waals surface area contributed by atoms with Crippen molar-refractivity contribution in [3.8, 4) is 0 Å². The molecule has 3 rings (SSSR count). The second-order valence-electron chi connectivity index (χ2n) is 5.98. The Bertz CT molecular complexity index is 651. The second kappa shape index (κ2) is 7.74. The van der Waals surface area contributed by atoms with E-state index in [4.69, 9.17) is 0 Å². The summed E-state index contributed by atoms with van der Waals surface area (Å²) in [6.45, 7) is 3.51. The van der Waals surface area contributed by atoms with E-state index in [0.717, 1.165) is 24.5 Å². The second-order valence-corrected chi connectivity index (χ2v) is 5.98. The highest BCUT2D eigenvalue weighted by Gasteiger charge is 2.27. The van der Waals surface area contributed by atoms with Crippen molar-refractivity contribution in [1.29, 1.82) is 0 Å². The Balaban J connectivity index is 1.58. The molecule has 1 N–H and O–H groups in total. The summed E-state index contributed by atoms with van der Waals surface area (Å²) in [7, 11) is 0. The van der Waals surface area contributed by atoms with Gasteiger partial charge in [0.25, 0.3) is 0 Å². The van der Waals surface area contributed by atoms with Gasteiger partial charge in [-0.1, -0.05) is 0 Å². The standard InChI is InChI=1S/C17H20F2N4O/c18-13-1-3-15(20-7-13)9-22-5-6-23(17(11-22)12-24)10-16-4-2-14(19)8-21-16/h1-4,7-8,17,24H,5-6,9-12H2. The highest BCUT2D eigenvalue weighted by atomic mass is 19.1. The molecule has 2 aromatic rings. The zero-order valence-electron chi connectivity index (χ0n) is 13.3. The monoisotopic (exact) mass is 334 g/mol. The van der Waals surface area contributed by atoms with Gasteiger partial charge < -0.3 is 5.11 Å². The molecule has 1 aliphatic rings. The SMILES string of the molecule is OCC1CN(Cc2ccc(F)cn2)CCN1Cc1ccc(F)cn1. The summed E-state index contributed by atoms with van der Waals surface area (Å²) in [6, 6.07) is 6.12. The molecule has 24 heavy (non-hydrogen) atoms. The molecule has 3 heterocycles. The summed E-state index contributed by atoms with van der Waals surface area (Å²) in [4.78, 5) is 12.5. The number of aliphatic hydroxyl groups excluding tert-OH is 1. The number of hydrogen-bond acceptors (Lipinski definition) is 5. The Morgan fingerprint density at radius 3 is 2.12 bits per heavy atom. The largest absolute Gasteiger partial charge is 0.395 e. The lowest BCUT2D eigenvalue weighted by molar-refractivity contribution is 0.0303. The number of halogens is 2. The zero-order valence-corrected chi connectivity index (χ0v) is 13.3. The predicted octanol–water partition coefficient (Wildman–Crippen LogP) is 1.43. The molecule has 0 spiro atoms. The Morgan fingerprint density at radius 2 is 1.58 bits per heavy atom. The van der Waals surface area contributed by atoms with Crippen LogP contribution in [0.3, 0.4) is 0 Å². The molecule has 1 unspecified atom stereocenters. The molecular formula is C17H20F2N4O. The van der Waals surface area contributed by atoms with Gasteiger partial charge in [0, 0.05) is 38.8 Å². The first-order chi connectivity index (χ1) is 11.6. The molecule has 0 saturated carbocycles. The Morgan fingerprint density at radius 1 is 0.958 bits per heavy atom. The Labute approximate surface area is 139 Å². The van der Waals surface area contributed by atoms with E-state index >= 15 is 0 Å². The third-order valence-electron chi connectivity index (χ3n) is 4.23. The first kappa shape index (κ1) is 16.9. The van der Waals surface area contributed by atoms with Crippen LogP contribution in [0.1, 0.15) is 11.4 Å². The molecule has 1 atom stereocenters. The van der Waals surface area contributed by atoms with Crippen molar-refractivity contribution in [3.05, 3.63) is 59.7 Å². The lowest BCUT2D eigenvalue weighted by Crippen LogP contribution is -2.53. The minimum Gasteiger partial charge on any atom is -0.395 e. The smallest absolute Gasteiger partial charge is 0.141 e. The minimum absolute atomic E-state index is 0.0222. The molecule has 0 aliphatic carbocycles. The molecule has 5 nitrogen and oxygen atoms in total. The quantitative estimate of drug-likeness (QED) is 0.897. The van der Waals surface area contributed by atoms with Crippen LogP contribution >= 0.6 is 0 Å². The summed E-state index contributed by atoms with van der Waals surface area (Å²) in [5.74, 6) is -0.697. The van der Waals surface area contributed by atoms with Gasteiger partial charge in [0.05, 0.1) is 30.4 Å². The molecule has 0 aromatic carbocycles. The van der Waals surface area contributed by atoms with Crippen LogP contribution in [0, 0.1) is 11.6 Å². The molecule has 1 fully saturated rings. The molecule has 2 aromatic heterocycles. The zero-order chi connectivity index (χ0) is 16.9. The van der Waals surface area contributed by atoms with Crippen molar-refractivity contribution in [3.63, 3.8) is 0 Å². The lowest BCUT2D eigenvalue weighted by Gasteiger charge is -2.40. The molecule has 7 heteroatoms. The number of hydrogen-bond donors (Lipinski definition) is 1. The summed E-state index contributed by atoms with van der Waals surface area (Å²) < 4.78 is 25.9. The minimum atomic E-state index is -0.353. The first-order valence-corrected chi connectivity index (χ1v) is 7.92. The maximum absolute atomic E-state index is 12.9. The van der Waals surface area contributed by atoms with Crippen LogP contribution in [0.4, 0.5) is 8.78 Å². The fourth-order valence-corrected chi connectivity index (χ4v) is 2.92. The summed E-state index contributed by atoms with van der Waals surface area (Å²) in [5, 5.41) is 9.69. The summed E-state index contributed by atoms with van der Waals surface area (Å²) in [5.41, 5.74) is 1.59. The third-order valence-corrected chi connectivity index (χ3v) is 4.23. The van der Waals surface area contributed by atoms with Gasteiger partial charge in [0.1, 0.15) is 11.6 Å². The van der Waals surface area contributed by atoms with Crippen LogP contribution in [0.25, 0.3) is 0 Å². The van der Waals surface area contributed by atoms with Gasteiger partial charge in [-0.15, -0.1) is 0 Å². The van der Waals surface area contributed by atoms with E-state index in [1.54, 1.807) is 12.1 Å². The van der Waals surface area contributed by atoms with Crippen LogP contribution < -0.4 is 0 Å². The van der Waals surface area contributed by atoms with Crippen LogP contribution in [-0.4, -0.2) is 57.2 Å². The van der Waals surface area contributed by atoms with Crippen molar-refractivity contribution >= 4 is 0 Å². The Hall–Kier alpha value is -1.96. The average molecular weight is 334 g/mol. The van der Waals surface area contributed by atoms with Gasteiger partial charge in [0.15, 0.2) is 0 Å². The van der Waals surface area contributed by atoms with E-state index in [1.807, 2.05) is 0 Å². The van der Waals surface area contributed by atoms with Crippen LogP contribution in [0.5, 0.6) is 0 Å². The van der Waals surface area contributed by atoms with Crippen LogP contribution in [-0.2, 0) is 13.1 Å². The average Bonchev–Trinajstić information content (AvgIpc) is 2.60. The van der Waals surface area contributed by atoms with E-state index in [-0.39, 0.29) is 24.3 Å². The molecule has 128 valence electrons. The maximum Gasteiger partial charge on any atom is 0.141 e. The highest BCUT2D eigenvalue weighted by Crippen LogP contribution is 2.15. The number of rotatable bonds is 5. The van der Waals surface area contributed by atoms with E-state index in [1.165, 1.54) is 24.5 Å². The molecular weight excluding hydrogens is 314 g/mol. The maximum atomic E-state index is 12.9. The molecule has 1 saturated heterocycles. The van der Waals surface area contributed by atoms with E-state index < -0.39 is 0 Å². The predicted molar refractivity (Wildman–Crippen MR) is 85.0 cm³/mol. The van der Waals surface area contributed by atoms with Gasteiger partial charge >= 0.3 is 0 Å². The number of nitrogens with zero attached hydrogens (tertiary/aromatic N) is 4. The van der Waals surface area contributed by atoms with Gasteiger partial charge in [0.2, 0.25) is 0 Å². The fourth-order valence-electron chi connectivity index (χ4n) is 2.92. The van der Waals surface area contributed by atoms with Gasteiger partial charge in [-0.05, 0) is 24.3 Å². The third kappa shape index (κ3) is 4.31. The van der Waals surface area contributed by atoms with Crippen molar-refractivity contribution in [2.24, 2.45) is 0 Å². The lowest BCUT2D eigenvalue weighted by atomic mass is 10.1. The molecule has 1 aliphatic heterocycles. The van der Waals surface area contributed by atoms with E-state index in [2.05, 4.69) is 19.8 Å². The van der Waals surface area contributed by atoms with Gasteiger partial charge in [-0.2, -0.15) is 0 Å². The van der Waals surface area contributed by atoms with E-state index in [0.29, 0.717) is 19.6 Å². The summed E-state index contributed by atoms with van der Waals surface area (Å²) >= 11 is 0. The Kier molecular flexibility index (Phi) is 5.44. The topological polar surface area (TPSA) is 52.5 Å². The van der Waals surface area contributed by atoms with E-state index in [9.17, 15) is 13.9 Å². The first-order valence-electron chi connectivity index (χ1n) is 7.92. The van der Waals surface area contributed by atoms with Crippen molar-refractivity contribution in [2.75, 3.05) is 26.2 Å². The van der Waals surface area contributed by atoms with Crippen molar-refractivity contribution < 1.29 is 13.9 Å². The van der Waals surface area contributed by atoms with Crippen molar-refractivity contribution in [2.45, 2.75) is 19.1 Å². The molecule has 0 radical (unpaired) electrons. The number of piperazine rings is 1. The normalized spacial score (nSPS) is 19.5. The van der Waals surface area contributed by atoms with Gasteiger partial charge in [-0.25, -0.2) is 8.78 Å².